The van der Waals surface area contributed by atoms with Crippen molar-refractivity contribution in [2.24, 2.45) is 0 Å². The predicted octanol–water partition coefficient (Wildman–Crippen LogP) is 13.4. The monoisotopic (exact) mass is 659 g/mol. The summed E-state index contributed by atoms with van der Waals surface area (Å²) in [7, 11) is -0.753. The summed E-state index contributed by atoms with van der Waals surface area (Å²) in [5.41, 5.74) is 0. The van der Waals surface area contributed by atoms with E-state index in [0.29, 0.717) is 0 Å². The fourth-order valence-electron chi connectivity index (χ4n) is 7.35. The van der Waals surface area contributed by atoms with E-state index in [2.05, 4.69) is 27.7 Å². The first-order valence-electron chi connectivity index (χ1n) is 21.1. The van der Waals surface area contributed by atoms with E-state index < -0.39 is 7.26 Å². The summed E-state index contributed by atoms with van der Waals surface area (Å²) >= 11 is 0. The molecule has 0 saturated carbocycles. The summed E-state index contributed by atoms with van der Waals surface area (Å²) in [6, 6.07) is 0. The quantitative estimate of drug-likeness (QED) is 0.0457. The average Bonchev–Trinajstić information content (AvgIpc) is 3.02. The zero-order chi connectivity index (χ0) is 31.4. The Morgan fingerprint density at radius 1 is 0.205 bits per heavy atom. The lowest BCUT2D eigenvalue weighted by Crippen LogP contribution is -3.00. The van der Waals surface area contributed by atoms with Crippen molar-refractivity contribution in [1.29, 1.82) is 0 Å². The lowest BCUT2D eigenvalue weighted by molar-refractivity contribution is -0.00000974. The molecular formula is C42H88ClP. The second kappa shape index (κ2) is 39.9. The van der Waals surface area contributed by atoms with Crippen LogP contribution < -0.4 is 12.4 Å². The van der Waals surface area contributed by atoms with E-state index in [1.807, 2.05) is 0 Å². The Balaban J connectivity index is 0. The van der Waals surface area contributed by atoms with Crippen LogP contribution in [0.5, 0.6) is 0 Å². The fourth-order valence-corrected chi connectivity index (χ4v) is 12.3. The van der Waals surface area contributed by atoms with Crippen molar-refractivity contribution in [1.82, 2.24) is 0 Å². The van der Waals surface area contributed by atoms with Gasteiger partial charge in [0, 0.05) is 7.26 Å². The summed E-state index contributed by atoms with van der Waals surface area (Å²) in [5, 5.41) is 0. The largest absolute Gasteiger partial charge is 1.00 e. The van der Waals surface area contributed by atoms with Crippen LogP contribution in [0.2, 0.25) is 0 Å². The van der Waals surface area contributed by atoms with E-state index in [4.69, 9.17) is 0 Å². The molecule has 0 bridgehead atoms. The van der Waals surface area contributed by atoms with Crippen LogP contribution in [0.1, 0.15) is 246 Å². The molecule has 268 valence electrons. The second-order valence-corrected chi connectivity index (χ2v) is 19.3. The van der Waals surface area contributed by atoms with Crippen LogP contribution in [0.15, 0.2) is 0 Å². The Labute approximate surface area is 289 Å². The number of hydrogen-bond donors (Lipinski definition) is 0. The maximum absolute atomic E-state index is 2.37. The highest BCUT2D eigenvalue weighted by Gasteiger charge is 2.34. The van der Waals surface area contributed by atoms with Gasteiger partial charge in [-0.3, -0.25) is 0 Å². The third-order valence-corrected chi connectivity index (χ3v) is 15.5. The summed E-state index contributed by atoms with van der Waals surface area (Å²) in [6.45, 7) is 9.39. The van der Waals surface area contributed by atoms with Gasteiger partial charge in [-0.15, -0.1) is 0 Å². The van der Waals surface area contributed by atoms with Gasteiger partial charge < -0.3 is 12.4 Å². The molecule has 0 fully saturated rings. The van der Waals surface area contributed by atoms with E-state index in [-0.39, 0.29) is 12.4 Å². The lowest BCUT2D eigenvalue weighted by atomic mass is 10.1. The first-order valence-corrected chi connectivity index (χ1v) is 23.6. The molecule has 44 heavy (non-hydrogen) atoms. The van der Waals surface area contributed by atoms with Crippen LogP contribution in [-0.4, -0.2) is 24.6 Å². The van der Waals surface area contributed by atoms with Crippen LogP contribution in [0.25, 0.3) is 0 Å². The van der Waals surface area contributed by atoms with Gasteiger partial charge in [0.2, 0.25) is 0 Å². The first-order chi connectivity index (χ1) is 21.2. The molecule has 0 aromatic carbocycles. The van der Waals surface area contributed by atoms with E-state index in [1.54, 1.807) is 50.3 Å². The molecule has 0 rings (SSSR count). The average molecular weight is 660 g/mol. The van der Waals surface area contributed by atoms with Gasteiger partial charge >= 0.3 is 0 Å². The molecular weight excluding hydrogens is 571 g/mol. The minimum Gasteiger partial charge on any atom is -1.00 e. The molecule has 0 amide bonds. The van der Waals surface area contributed by atoms with Crippen LogP contribution in [0.4, 0.5) is 0 Å². The van der Waals surface area contributed by atoms with Gasteiger partial charge in [-0.1, -0.05) is 195 Å². The van der Waals surface area contributed by atoms with Crippen molar-refractivity contribution >= 4 is 7.26 Å². The zero-order valence-electron chi connectivity index (χ0n) is 31.7. The normalized spacial score (nSPS) is 11.7. The third kappa shape index (κ3) is 34.1. The molecule has 0 heterocycles. The SMILES string of the molecule is CCCCCCCCCCCCCC[P+](CCCCCCC)(CCCCCCC)CCCCCCCCCCCCCC.[Cl-]. The van der Waals surface area contributed by atoms with E-state index in [1.165, 1.54) is 193 Å². The molecule has 0 aromatic rings. The molecule has 2 heteroatoms. The Bertz CT molecular complexity index is 448. The third-order valence-electron chi connectivity index (χ3n) is 10.4. The summed E-state index contributed by atoms with van der Waals surface area (Å²) in [4.78, 5) is 0. The molecule has 0 nitrogen and oxygen atoms in total. The van der Waals surface area contributed by atoms with Gasteiger partial charge in [-0.25, -0.2) is 0 Å². The first kappa shape index (κ1) is 46.8. The molecule has 0 aliphatic rings. The summed E-state index contributed by atoms with van der Waals surface area (Å²) < 4.78 is 0. The number of unbranched alkanes of at least 4 members (excludes halogenated alkanes) is 30. The van der Waals surface area contributed by atoms with Crippen molar-refractivity contribution < 1.29 is 12.4 Å². The molecule has 0 atom stereocenters. The molecule has 0 radical (unpaired) electrons. The van der Waals surface area contributed by atoms with Gasteiger partial charge in [0.25, 0.3) is 0 Å². The highest BCUT2D eigenvalue weighted by atomic mass is 35.5. The van der Waals surface area contributed by atoms with Crippen molar-refractivity contribution in [3.8, 4) is 0 Å². The van der Waals surface area contributed by atoms with E-state index >= 15 is 0 Å². The number of rotatable bonds is 38. The fraction of sp³-hybridized carbons (Fsp3) is 1.00. The molecule has 0 aliphatic heterocycles. The maximum atomic E-state index is 2.37. The highest BCUT2D eigenvalue weighted by Crippen LogP contribution is 2.61. The minimum absolute atomic E-state index is 0. The molecule has 0 N–H and O–H groups in total. The van der Waals surface area contributed by atoms with Gasteiger partial charge in [-0.2, -0.15) is 0 Å². The number of hydrogen-bond acceptors (Lipinski definition) is 0. The smallest absolute Gasteiger partial charge is 0.0594 e. The van der Waals surface area contributed by atoms with Crippen molar-refractivity contribution in [3.63, 3.8) is 0 Å². The minimum atomic E-state index is -0.753. The molecule has 0 spiro atoms. The lowest BCUT2D eigenvalue weighted by Gasteiger charge is -2.28. The van der Waals surface area contributed by atoms with Crippen molar-refractivity contribution in [2.45, 2.75) is 246 Å². The molecule has 0 aromatic heterocycles. The zero-order valence-corrected chi connectivity index (χ0v) is 33.3. The molecule has 0 aliphatic carbocycles. The van der Waals surface area contributed by atoms with Gasteiger partial charge in [0.1, 0.15) is 0 Å². The van der Waals surface area contributed by atoms with Crippen LogP contribution in [0.3, 0.4) is 0 Å². The second-order valence-electron chi connectivity index (χ2n) is 14.8. The Morgan fingerprint density at radius 2 is 0.341 bits per heavy atom. The van der Waals surface area contributed by atoms with E-state index in [9.17, 15) is 0 Å². The Morgan fingerprint density at radius 3 is 0.500 bits per heavy atom. The predicted molar refractivity (Wildman–Crippen MR) is 206 cm³/mol. The van der Waals surface area contributed by atoms with Crippen molar-refractivity contribution in [3.05, 3.63) is 0 Å². The number of halogens is 1. The topological polar surface area (TPSA) is 0 Å². The van der Waals surface area contributed by atoms with Gasteiger partial charge in [0.15, 0.2) is 0 Å². The Hall–Kier alpha value is 0.720. The standard InChI is InChI=1S/C42H88P.ClH/c1-5-9-13-17-19-21-23-25-27-29-33-37-41-43(39-35-31-15-11-7-3,40-36-32-16-12-8-4)42-38-34-30-28-26-24-22-20-18-14-10-6-2;/h5-42H2,1-4H3;1H/q+1;/p-1. The van der Waals surface area contributed by atoms with Crippen molar-refractivity contribution in [2.75, 3.05) is 24.6 Å². The van der Waals surface area contributed by atoms with Crippen LogP contribution in [-0.2, 0) is 0 Å². The van der Waals surface area contributed by atoms with Gasteiger partial charge in [-0.05, 0) is 51.4 Å². The maximum Gasteiger partial charge on any atom is 0.0594 e. The molecule has 0 saturated heterocycles. The van der Waals surface area contributed by atoms with Crippen LogP contribution >= 0.6 is 7.26 Å². The Kier molecular flexibility index (Phi) is 42.5. The summed E-state index contributed by atoms with van der Waals surface area (Å²) in [5.74, 6) is 0. The highest BCUT2D eigenvalue weighted by molar-refractivity contribution is 7.75. The van der Waals surface area contributed by atoms with Gasteiger partial charge in [0.05, 0.1) is 24.6 Å². The summed E-state index contributed by atoms with van der Waals surface area (Å²) in [6.07, 6.45) is 57.2. The van der Waals surface area contributed by atoms with E-state index in [0.717, 1.165) is 0 Å². The van der Waals surface area contributed by atoms with Crippen LogP contribution in [0, 0.1) is 0 Å². The molecule has 0 unspecified atom stereocenters.